The molecule has 1 N–H and O–H groups in total. The molecule has 0 bridgehead atoms. The molecule has 2 rings (SSSR count). The van der Waals surface area contributed by atoms with Gasteiger partial charge in [-0.05, 0) is 37.7 Å². The zero-order valence-electron chi connectivity index (χ0n) is 11.9. The van der Waals surface area contributed by atoms with Gasteiger partial charge in [0.2, 0.25) is 0 Å². The predicted molar refractivity (Wildman–Crippen MR) is 75.6 cm³/mol. The fourth-order valence-electron chi connectivity index (χ4n) is 3.06. The molecule has 1 aliphatic rings. The number of aromatic nitrogens is 2. The molecule has 102 valence electrons. The molecule has 3 heteroatoms. The highest BCUT2D eigenvalue weighted by Gasteiger charge is 2.19. The molecule has 0 unspecified atom stereocenters. The van der Waals surface area contributed by atoms with E-state index in [1.807, 2.05) is 17.9 Å². The van der Waals surface area contributed by atoms with Crippen molar-refractivity contribution in [3.8, 4) is 0 Å². The third kappa shape index (κ3) is 4.13. The van der Waals surface area contributed by atoms with Crippen LogP contribution in [0.5, 0.6) is 0 Å². The predicted octanol–water partition coefficient (Wildman–Crippen LogP) is 2.91. The van der Waals surface area contributed by atoms with E-state index in [0.717, 1.165) is 24.9 Å². The summed E-state index contributed by atoms with van der Waals surface area (Å²) >= 11 is 0. The molecule has 18 heavy (non-hydrogen) atoms. The average Bonchev–Trinajstić information content (AvgIpc) is 2.78. The van der Waals surface area contributed by atoms with Gasteiger partial charge < -0.3 is 5.32 Å². The van der Waals surface area contributed by atoms with Gasteiger partial charge in [0.1, 0.15) is 0 Å². The highest BCUT2D eigenvalue weighted by atomic mass is 15.2. The Morgan fingerprint density at radius 2 is 2.11 bits per heavy atom. The quantitative estimate of drug-likeness (QED) is 0.840. The second-order valence-corrected chi connectivity index (χ2v) is 5.69. The molecule has 1 heterocycles. The third-order valence-corrected chi connectivity index (χ3v) is 4.13. The maximum Gasteiger partial charge on any atom is 0.0637 e. The topological polar surface area (TPSA) is 29.9 Å². The Balaban J connectivity index is 1.60. The van der Waals surface area contributed by atoms with Crippen LogP contribution in [0.2, 0.25) is 0 Å². The van der Waals surface area contributed by atoms with E-state index in [0.29, 0.717) is 0 Å². The van der Waals surface area contributed by atoms with Gasteiger partial charge in [0.25, 0.3) is 0 Å². The van der Waals surface area contributed by atoms with Gasteiger partial charge in [-0.25, -0.2) is 0 Å². The van der Waals surface area contributed by atoms with Gasteiger partial charge >= 0.3 is 0 Å². The summed E-state index contributed by atoms with van der Waals surface area (Å²) in [4.78, 5) is 0. The number of nitrogens with one attached hydrogen (secondary N) is 1. The van der Waals surface area contributed by atoms with Gasteiger partial charge in [0, 0.05) is 32.3 Å². The Kier molecular flexibility index (Phi) is 5.24. The molecule has 0 saturated heterocycles. The number of nitrogens with zero attached hydrogens (tertiary/aromatic N) is 2. The van der Waals surface area contributed by atoms with Gasteiger partial charge in [-0.3, -0.25) is 4.68 Å². The summed E-state index contributed by atoms with van der Waals surface area (Å²) in [6.45, 7) is 3.37. The van der Waals surface area contributed by atoms with E-state index in [2.05, 4.69) is 23.4 Å². The normalized spacial score (nSPS) is 24.3. The first-order valence-electron chi connectivity index (χ1n) is 7.50. The summed E-state index contributed by atoms with van der Waals surface area (Å²) in [6, 6.07) is 2.86. The van der Waals surface area contributed by atoms with Crippen LogP contribution >= 0.6 is 0 Å². The number of hydrogen-bond acceptors (Lipinski definition) is 2. The maximum absolute atomic E-state index is 4.41. The van der Waals surface area contributed by atoms with Crippen LogP contribution in [0, 0.1) is 5.92 Å². The van der Waals surface area contributed by atoms with Crippen molar-refractivity contribution in [1.29, 1.82) is 0 Å². The van der Waals surface area contributed by atoms with Crippen molar-refractivity contribution in [1.82, 2.24) is 15.1 Å². The lowest BCUT2D eigenvalue weighted by Crippen LogP contribution is -2.34. The van der Waals surface area contributed by atoms with Crippen LogP contribution in [0.4, 0.5) is 0 Å². The summed E-state index contributed by atoms with van der Waals surface area (Å²) in [6.07, 6.45) is 11.4. The van der Waals surface area contributed by atoms with Gasteiger partial charge in [0.05, 0.1) is 5.69 Å². The third-order valence-electron chi connectivity index (χ3n) is 4.13. The first-order valence-corrected chi connectivity index (χ1v) is 7.50. The van der Waals surface area contributed by atoms with Gasteiger partial charge in [0.15, 0.2) is 0 Å². The maximum atomic E-state index is 4.41. The van der Waals surface area contributed by atoms with E-state index in [4.69, 9.17) is 0 Å². The Morgan fingerprint density at radius 3 is 2.72 bits per heavy atom. The molecular formula is C15H27N3. The fraction of sp³-hybridized carbons (Fsp3) is 0.800. The Labute approximate surface area is 111 Å². The monoisotopic (exact) mass is 249 g/mol. The van der Waals surface area contributed by atoms with E-state index in [9.17, 15) is 0 Å². The van der Waals surface area contributed by atoms with Crippen molar-refractivity contribution in [3.63, 3.8) is 0 Å². The lowest BCUT2D eigenvalue weighted by molar-refractivity contribution is 0.279. The fourth-order valence-corrected chi connectivity index (χ4v) is 3.06. The van der Waals surface area contributed by atoms with E-state index in [1.165, 1.54) is 44.2 Å². The highest BCUT2D eigenvalue weighted by molar-refractivity contribution is 4.99. The van der Waals surface area contributed by atoms with Crippen molar-refractivity contribution in [2.45, 2.75) is 57.9 Å². The smallest absolute Gasteiger partial charge is 0.0637 e. The minimum atomic E-state index is 0.752. The second kappa shape index (κ2) is 6.93. The minimum Gasteiger partial charge on any atom is -0.314 e. The van der Waals surface area contributed by atoms with Crippen LogP contribution in [0.1, 0.15) is 51.1 Å². The standard InChI is InChI=1S/C15H27N3/c1-3-4-13-5-7-14(8-6-13)16-11-9-15-10-12-18(2)17-15/h10,12-14,16H,3-9,11H2,1-2H3. The Hall–Kier alpha value is -0.830. The molecule has 3 nitrogen and oxygen atoms in total. The molecule has 0 aromatic carbocycles. The molecule has 0 amide bonds. The summed E-state index contributed by atoms with van der Waals surface area (Å²) in [5.74, 6) is 1.00. The van der Waals surface area contributed by atoms with Gasteiger partial charge in [-0.15, -0.1) is 0 Å². The molecular weight excluding hydrogens is 222 g/mol. The molecule has 0 atom stereocenters. The summed E-state index contributed by atoms with van der Waals surface area (Å²) in [7, 11) is 1.98. The first-order chi connectivity index (χ1) is 8.78. The molecule has 0 radical (unpaired) electrons. The van der Waals surface area contributed by atoms with Crippen LogP contribution in [0.15, 0.2) is 12.3 Å². The van der Waals surface area contributed by atoms with Crippen molar-refractivity contribution in [2.24, 2.45) is 13.0 Å². The highest BCUT2D eigenvalue weighted by Crippen LogP contribution is 2.27. The minimum absolute atomic E-state index is 0.752. The zero-order valence-corrected chi connectivity index (χ0v) is 11.9. The summed E-state index contributed by atoms with van der Waals surface area (Å²) in [5, 5.41) is 8.10. The van der Waals surface area contributed by atoms with Crippen LogP contribution in [-0.2, 0) is 13.5 Å². The van der Waals surface area contributed by atoms with Crippen molar-refractivity contribution in [3.05, 3.63) is 18.0 Å². The first kappa shape index (κ1) is 13.6. The summed E-state index contributed by atoms with van der Waals surface area (Å²) in [5.41, 5.74) is 1.20. The molecule has 1 aromatic heterocycles. The molecule has 1 fully saturated rings. The molecule has 1 saturated carbocycles. The number of aryl methyl sites for hydroxylation is 1. The largest absolute Gasteiger partial charge is 0.314 e. The lowest BCUT2D eigenvalue weighted by Gasteiger charge is -2.29. The SMILES string of the molecule is CCCC1CCC(NCCc2ccn(C)n2)CC1. The van der Waals surface area contributed by atoms with Crippen LogP contribution in [-0.4, -0.2) is 22.4 Å². The van der Waals surface area contributed by atoms with Crippen molar-refractivity contribution < 1.29 is 0 Å². The van der Waals surface area contributed by atoms with Gasteiger partial charge in [-0.1, -0.05) is 19.8 Å². The zero-order chi connectivity index (χ0) is 12.8. The lowest BCUT2D eigenvalue weighted by atomic mass is 9.83. The number of rotatable bonds is 6. The van der Waals surface area contributed by atoms with Crippen LogP contribution < -0.4 is 5.32 Å². The van der Waals surface area contributed by atoms with Gasteiger partial charge in [-0.2, -0.15) is 5.10 Å². The molecule has 1 aliphatic carbocycles. The Bertz CT molecular complexity index is 337. The molecule has 0 aliphatic heterocycles. The average molecular weight is 249 g/mol. The number of hydrogen-bond donors (Lipinski definition) is 1. The van der Waals surface area contributed by atoms with Crippen molar-refractivity contribution >= 4 is 0 Å². The van der Waals surface area contributed by atoms with Crippen LogP contribution in [0.3, 0.4) is 0 Å². The van der Waals surface area contributed by atoms with E-state index >= 15 is 0 Å². The molecule has 0 spiro atoms. The Morgan fingerprint density at radius 1 is 1.33 bits per heavy atom. The van der Waals surface area contributed by atoms with E-state index in [-0.39, 0.29) is 0 Å². The van der Waals surface area contributed by atoms with Crippen molar-refractivity contribution in [2.75, 3.05) is 6.54 Å². The second-order valence-electron chi connectivity index (χ2n) is 5.69. The molecule has 1 aromatic rings. The van der Waals surface area contributed by atoms with E-state index < -0.39 is 0 Å². The summed E-state index contributed by atoms with van der Waals surface area (Å²) < 4.78 is 1.88. The van der Waals surface area contributed by atoms with E-state index in [1.54, 1.807) is 0 Å². The van der Waals surface area contributed by atoms with Crippen LogP contribution in [0.25, 0.3) is 0 Å².